The number of benzene rings is 1. The molecule has 0 fully saturated rings. The lowest BCUT2D eigenvalue weighted by atomic mass is 10.2. The predicted molar refractivity (Wildman–Crippen MR) is 69.9 cm³/mol. The van der Waals surface area contributed by atoms with E-state index >= 15 is 0 Å². The van der Waals surface area contributed by atoms with Crippen molar-refractivity contribution in [2.75, 3.05) is 27.3 Å². The Kier molecular flexibility index (Phi) is 6.00. The lowest BCUT2D eigenvalue weighted by Crippen LogP contribution is -2.33. The molecule has 0 unspecified atom stereocenters. The summed E-state index contributed by atoms with van der Waals surface area (Å²) in [6.45, 7) is 3.46. The van der Waals surface area contributed by atoms with Gasteiger partial charge in [0.25, 0.3) is 0 Å². The third kappa shape index (κ3) is 4.25. The van der Waals surface area contributed by atoms with Gasteiger partial charge in [-0.2, -0.15) is 0 Å². The summed E-state index contributed by atoms with van der Waals surface area (Å²) >= 11 is 0. The molecule has 0 saturated carbocycles. The van der Waals surface area contributed by atoms with Gasteiger partial charge in [-0.25, -0.2) is 0 Å². The van der Waals surface area contributed by atoms with Crippen molar-refractivity contribution in [2.45, 2.75) is 13.5 Å². The highest BCUT2D eigenvalue weighted by Crippen LogP contribution is 2.27. The molecule has 0 radical (unpaired) electrons. The molecular formula is C13H20N2O3. The van der Waals surface area contributed by atoms with Crippen LogP contribution in [-0.2, 0) is 11.3 Å². The van der Waals surface area contributed by atoms with Gasteiger partial charge in [-0.05, 0) is 24.6 Å². The molecule has 0 aromatic heterocycles. The van der Waals surface area contributed by atoms with Crippen LogP contribution in [0.25, 0.3) is 0 Å². The normalized spacial score (nSPS) is 9.94. The van der Waals surface area contributed by atoms with E-state index in [9.17, 15) is 4.79 Å². The molecule has 1 aromatic rings. The summed E-state index contributed by atoms with van der Waals surface area (Å²) in [4.78, 5) is 11.2. The summed E-state index contributed by atoms with van der Waals surface area (Å²) in [7, 11) is 3.20. The number of hydrogen-bond donors (Lipinski definition) is 2. The van der Waals surface area contributed by atoms with Crippen molar-refractivity contribution in [3.8, 4) is 11.5 Å². The van der Waals surface area contributed by atoms with Crippen LogP contribution in [0.2, 0.25) is 0 Å². The van der Waals surface area contributed by atoms with Gasteiger partial charge in [-0.3, -0.25) is 4.79 Å². The molecule has 0 aliphatic carbocycles. The monoisotopic (exact) mass is 252 g/mol. The summed E-state index contributed by atoms with van der Waals surface area (Å²) in [5.74, 6) is 1.39. The molecular weight excluding hydrogens is 232 g/mol. The van der Waals surface area contributed by atoms with Crippen molar-refractivity contribution in [2.24, 2.45) is 0 Å². The Balaban J connectivity index is 2.50. The predicted octanol–water partition coefficient (Wildman–Crippen LogP) is 0.929. The molecule has 1 aromatic carbocycles. The van der Waals surface area contributed by atoms with Gasteiger partial charge in [-0.15, -0.1) is 0 Å². The minimum absolute atomic E-state index is 0.00187. The van der Waals surface area contributed by atoms with Crippen LogP contribution in [0, 0.1) is 0 Å². The molecule has 2 N–H and O–H groups in total. The number of carbonyl (C=O) groups excluding carboxylic acids is 1. The molecule has 0 heterocycles. The summed E-state index contributed by atoms with van der Waals surface area (Å²) in [5.41, 5.74) is 1.04. The van der Waals surface area contributed by atoms with Gasteiger partial charge in [-0.1, -0.05) is 6.07 Å². The molecule has 18 heavy (non-hydrogen) atoms. The van der Waals surface area contributed by atoms with E-state index in [0.717, 1.165) is 5.56 Å². The molecule has 5 heteroatoms. The maximum Gasteiger partial charge on any atom is 0.233 e. The van der Waals surface area contributed by atoms with Crippen LogP contribution < -0.4 is 20.1 Å². The van der Waals surface area contributed by atoms with Gasteiger partial charge in [0.2, 0.25) is 5.91 Å². The van der Waals surface area contributed by atoms with Crippen LogP contribution in [0.1, 0.15) is 12.5 Å². The van der Waals surface area contributed by atoms with Crippen molar-refractivity contribution < 1.29 is 14.3 Å². The smallest absolute Gasteiger partial charge is 0.233 e. The van der Waals surface area contributed by atoms with E-state index in [1.165, 1.54) is 0 Å². The Bertz CT molecular complexity index is 394. The number of amides is 1. The fourth-order valence-corrected chi connectivity index (χ4v) is 1.57. The topological polar surface area (TPSA) is 59.6 Å². The molecule has 5 nitrogen and oxygen atoms in total. The highest BCUT2D eigenvalue weighted by atomic mass is 16.5. The fourth-order valence-electron chi connectivity index (χ4n) is 1.57. The van der Waals surface area contributed by atoms with Crippen molar-refractivity contribution in [3.05, 3.63) is 23.8 Å². The molecule has 0 aliphatic rings. The van der Waals surface area contributed by atoms with Gasteiger partial charge >= 0.3 is 0 Å². The number of ether oxygens (including phenoxy) is 2. The third-order valence-corrected chi connectivity index (χ3v) is 2.44. The zero-order valence-electron chi connectivity index (χ0n) is 11.1. The SMILES string of the molecule is CCNC(=O)CNCc1ccc(OC)c(OC)c1. The molecule has 0 bridgehead atoms. The van der Waals surface area contributed by atoms with E-state index in [4.69, 9.17) is 9.47 Å². The molecule has 1 amide bonds. The Morgan fingerprint density at radius 2 is 1.94 bits per heavy atom. The number of carbonyl (C=O) groups is 1. The summed E-state index contributed by atoms with van der Waals surface area (Å²) in [6, 6.07) is 5.68. The Hall–Kier alpha value is -1.75. The summed E-state index contributed by atoms with van der Waals surface area (Å²) in [6.07, 6.45) is 0. The van der Waals surface area contributed by atoms with Crippen molar-refractivity contribution in [3.63, 3.8) is 0 Å². The first-order valence-corrected chi connectivity index (χ1v) is 5.89. The van der Waals surface area contributed by atoms with E-state index < -0.39 is 0 Å². The van der Waals surface area contributed by atoms with E-state index in [2.05, 4.69) is 10.6 Å². The largest absolute Gasteiger partial charge is 0.493 e. The summed E-state index contributed by atoms with van der Waals surface area (Å²) < 4.78 is 10.4. The lowest BCUT2D eigenvalue weighted by molar-refractivity contribution is -0.120. The van der Waals surface area contributed by atoms with Crippen LogP contribution in [0.5, 0.6) is 11.5 Å². The molecule has 0 aliphatic heterocycles. The van der Waals surface area contributed by atoms with Gasteiger partial charge in [0.1, 0.15) is 0 Å². The minimum Gasteiger partial charge on any atom is -0.493 e. The molecule has 0 atom stereocenters. The number of methoxy groups -OCH3 is 2. The lowest BCUT2D eigenvalue weighted by Gasteiger charge is -2.10. The quantitative estimate of drug-likeness (QED) is 0.758. The first-order chi connectivity index (χ1) is 8.71. The molecule has 0 spiro atoms. The van der Waals surface area contributed by atoms with E-state index in [0.29, 0.717) is 31.1 Å². The van der Waals surface area contributed by atoms with Gasteiger partial charge in [0.15, 0.2) is 11.5 Å². The molecule has 100 valence electrons. The van der Waals surface area contributed by atoms with Crippen LogP contribution >= 0.6 is 0 Å². The Morgan fingerprint density at radius 3 is 2.56 bits per heavy atom. The number of hydrogen-bond acceptors (Lipinski definition) is 4. The van der Waals surface area contributed by atoms with Crippen LogP contribution in [0.15, 0.2) is 18.2 Å². The van der Waals surface area contributed by atoms with Gasteiger partial charge < -0.3 is 20.1 Å². The molecule has 0 saturated heterocycles. The summed E-state index contributed by atoms with van der Waals surface area (Å²) in [5, 5.41) is 5.79. The fraction of sp³-hybridized carbons (Fsp3) is 0.462. The number of rotatable bonds is 7. The zero-order valence-corrected chi connectivity index (χ0v) is 11.1. The van der Waals surface area contributed by atoms with Crippen LogP contribution in [0.4, 0.5) is 0 Å². The van der Waals surface area contributed by atoms with Gasteiger partial charge in [0, 0.05) is 13.1 Å². The minimum atomic E-state index is -0.00187. The highest BCUT2D eigenvalue weighted by molar-refractivity contribution is 5.77. The Morgan fingerprint density at radius 1 is 1.22 bits per heavy atom. The maximum atomic E-state index is 11.2. The number of likely N-dealkylation sites (N-methyl/N-ethyl adjacent to an activating group) is 1. The third-order valence-electron chi connectivity index (χ3n) is 2.44. The number of nitrogens with one attached hydrogen (secondary N) is 2. The van der Waals surface area contributed by atoms with E-state index in [1.54, 1.807) is 14.2 Å². The maximum absolute atomic E-state index is 11.2. The Labute approximate surface area is 107 Å². The van der Waals surface area contributed by atoms with E-state index in [-0.39, 0.29) is 5.91 Å². The second kappa shape index (κ2) is 7.55. The van der Waals surface area contributed by atoms with Gasteiger partial charge in [0.05, 0.1) is 20.8 Å². The zero-order chi connectivity index (χ0) is 13.4. The van der Waals surface area contributed by atoms with Crippen molar-refractivity contribution in [1.82, 2.24) is 10.6 Å². The molecule has 1 rings (SSSR count). The van der Waals surface area contributed by atoms with E-state index in [1.807, 2.05) is 25.1 Å². The second-order valence-corrected chi connectivity index (χ2v) is 3.75. The van der Waals surface area contributed by atoms with Crippen LogP contribution in [0.3, 0.4) is 0 Å². The second-order valence-electron chi connectivity index (χ2n) is 3.75. The average Bonchev–Trinajstić information content (AvgIpc) is 2.38. The average molecular weight is 252 g/mol. The standard InChI is InChI=1S/C13H20N2O3/c1-4-15-13(16)9-14-8-10-5-6-11(17-2)12(7-10)18-3/h5-7,14H,4,8-9H2,1-3H3,(H,15,16). The van der Waals surface area contributed by atoms with Crippen molar-refractivity contribution in [1.29, 1.82) is 0 Å². The first kappa shape index (κ1) is 14.3. The van der Waals surface area contributed by atoms with Crippen molar-refractivity contribution >= 4 is 5.91 Å². The first-order valence-electron chi connectivity index (χ1n) is 5.89. The highest BCUT2D eigenvalue weighted by Gasteiger charge is 2.04. The van der Waals surface area contributed by atoms with Crippen LogP contribution in [-0.4, -0.2) is 33.2 Å².